The van der Waals surface area contributed by atoms with Crippen LogP contribution in [0.3, 0.4) is 0 Å². The van der Waals surface area contributed by atoms with Crippen molar-refractivity contribution in [1.29, 1.82) is 0 Å². The first-order valence-corrected chi connectivity index (χ1v) is 8.33. The fourth-order valence-electron chi connectivity index (χ4n) is 2.20. The maximum atomic E-state index is 12.0. The molecule has 0 aliphatic heterocycles. The van der Waals surface area contributed by atoms with Gasteiger partial charge in [-0.25, -0.2) is 0 Å². The van der Waals surface area contributed by atoms with E-state index in [0.29, 0.717) is 17.7 Å². The van der Waals surface area contributed by atoms with E-state index < -0.39 is 0 Å². The number of rotatable bonds is 5. The minimum absolute atomic E-state index is 0.0490. The molecule has 2 aromatic carbocycles. The molecule has 0 aliphatic rings. The summed E-state index contributed by atoms with van der Waals surface area (Å²) >= 11 is 0. The average Bonchev–Trinajstić information content (AvgIpc) is 2.65. The SMILES string of the molecule is CCOc1ccc(C(=O)NCC#Cc2ccc(C(=O)N(C)C)cc2)cc1. The third-order valence-electron chi connectivity index (χ3n) is 3.54. The predicted molar refractivity (Wildman–Crippen MR) is 101 cm³/mol. The Bertz CT molecular complexity index is 813. The van der Waals surface area contributed by atoms with E-state index >= 15 is 0 Å². The van der Waals surface area contributed by atoms with Crippen molar-refractivity contribution in [3.05, 3.63) is 65.2 Å². The van der Waals surface area contributed by atoms with E-state index in [1.807, 2.05) is 6.92 Å². The van der Waals surface area contributed by atoms with Crippen molar-refractivity contribution in [2.75, 3.05) is 27.2 Å². The van der Waals surface area contributed by atoms with Gasteiger partial charge >= 0.3 is 0 Å². The molecule has 0 saturated heterocycles. The second-order valence-corrected chi connectivity index (χ2v) is 5.72. The van der Waals surface area contributed by atoms with Crippen molar-refractivity contribution >= 4 is 11.8 Å². The summed E-state index contributed by atoms with van der Waals surface area (Å²) in [4.78, 5) is 25.4. The van der Waals surface area contributed by atoms with Crippen molar-refractivity contribution < 1.29 is 14.3 Å². The molecule has 26 heavy (non-hydrogen) atoms. The molecule has 0 unspecified atom stereocenters. The predicted octanol–water partition coefficient (Wildman–Crippen LogP) is 2.57. The first-order valence-electron chi connectivity index (χ1n) is 8.33. The molecule has 5 heteroatoms. The molecule has 2 rings (SSSR count). The van der Waals surface area contributed by atoms with Crippen LogP contribution in [0.4, 0.5) is 0 Å². The molecule has 2 amide bonds. The van der Waals surface area contributed by atoms with Crippen molar-refractivity contribution in [3.63, 3.8) is 0 Å². The Morgan fingerprint density at radius 3 is 2.19 bits per heavy atom. The summed E-state index contributed by atoms with van der Waals surface area (Å²) in [6, 6.07) is 14.0. The average molecular weight is 350 g/mol. The molecule has 1 N–H and O–H groups in total. The van der Waals surface area contributed by atoms with Crippen LogP contribution in [0.25, 0.3) is 0 Å². The molecule has 0 radical (unpaired) electrons. The summed E-state index contributed by atoms with van der Waals surface area (Å²) < 4.78 is 5.35. The van der Waals surface area contributed by atoms with Crippen LogP contribution in [0.15, 0.2) is 48.5 Å². The third kappa shape index (κ3) is 5.38. The molecule has 0 saturated carbocycles. The molecule has 0 spiro atoms. The molecule has 5 nitrogen and oxygen atoms in total. The highest BCUT2D eigenvalue weighted by Crippen LogP contribution is 2.11. The van der Waals surface area contributed by atoms with Gasteiger partial charge in [-0.15, -0.1) is 0 Å². The second kappa shape index (κ2) is 9.28. The lowest BCUT2D eigenvalue weighted by atomic mass is 10.1. The molecule has 0 atom stereocenters. The Balaban J connectivity index is 1.87. The zero-order chi connectivity index (χ0) is 18.9. The number of ether oxygens (including phenoxy) is 1. The monoisotopic (exact) mass is 350 g/mol. The largest absolute Gasteiger partial charge is 0.494 e. The molecule has 0 fully saturated rings. The van der Waals surface area contributed by atoms with E-state index in [-0.39, 0.29) is 18.4 Å². The number of hydrogen-bond acceptors (Lipinski definition) is 3. The highest BCUT2D eigenvalue weighted by atomic mass is 16.5. The Morgan fingerprint density at radius 1 is 1.00 bits per heavy atom. The first-order chi connectivity index (χ1) is 12.5. The summed E-state index contributed by atoms with van der Waals surface area (Å²) in [7, 11) is 3.42. The topological polar surface area (TPSA) is 58.6 Å². The van der Waals surface area contributed by atoms with Crippen molar-refractivity contribution in [2.45, 2.75) is 6.92 Å². The van der Waals surface area contributed by atoms with E-state index in [0.717, 1.165) is 11.3 Å². The van der Waals surface area contributed by atoms with Gasteiger partial charge in [0.2, 0.25) is 0 Å². The smallest absolute Gasteiger partial charge is 0.253 e. The van der Waals surface area contributed by atoms with E-state index in [4.69, 9.17) is 4.74 Å². The van der Waals surface area contributed by atoms with Crippen LogP contribution >= 0.6 is 0 Å². The normalized spacial score (nSPS) is 9.65. The van der Waals surface area contributed by atoms with Gasteiger partial charge in [0, 0.05) is 30.8 Å². The lowest BCUT2D eigenvalue weighted by Gasteiger charge is -2.09. The van der Waals surface area contributed by atoms with Crippen molar-refractivity contribution in [2.24, 2.45) is 0 Å². The maximum absolute atomic E-state index is 12.0. The molecular formula is C21H22N2O3. The van der Waals surface area contributed by atoms with E-state index in [9.17, 15) is 9.59 Å². The molecule has 0 aliphatic carbocycles. The quantitative estimate of drug-likeness (QED) is 0.843. The van der Waals surface area contributed by atoms with Crippen LogP contribution in [-0.2, 0) is 0 Å². The highest BCUT2D eigenvalue weighted by Gasteiger charge is 2.06. The summed E-state index contributed by atoms with van der Waals surface area (Å²) in [6.45, 7) is 2.74. The van der Waals surface area contributed by atoms with Crippen LogP contribution < -0.4 is 10.1 Å². The van der Waals surface area contributed by atoms with Gasteiger partial charge in [-0.1, -0.05) is 11.8 Å². The summed E-state index contributed by atoms with van der Waals surface area (Å²) in [5, 5.41) is 2.75. The molecule has 0 heterocycles. The standard InChI is InChI=1S/C21H22N2O3/c1-4-26-19-13-11-17(12-14-19)20(24)22-15-5-6-16-7-9-18(10-8-16)21(25)23(2)3/h7-14H,4,15H2,1-3H3,(H,22,24). The molecule has 2 aromatic rings. The first kappa shape index (κ1) is 19.1. The van der Waals surface area contributed by atoms with E-state index in [1.165, 1.54) is 4.90 Å². The van der Waals surface area contributed by atoms with Crippen LogP contribution in [0.5, 0.6) is 5.75 Å². The maximum Gasteiger partial charge on any atom is 0.253 e. The number of nitrogens with zero attached hydrogens (tertiary/aromatic N) is 1. The zero-order valence-electron chi connectivity index (χ0n) is 15.2. The van der Waals surface area contributed by atoms with Gasteiger partial charge in [0.15, 0.2) is 0 Å². The van der Waals surface area contributed by atoms with Gasteiger partial charge < -0.3 is 15.0 Å². The fourth-order valence-corrected chi connectivity index (χ4v) is 2.20. The fraction of sp³-hybridized carbons (Fsp3) is 0.238. The number of amides is 2. The number of nitrogens with one attached hydrogen (secondary N) is 1. The third-order valence-corrected chi connectivity index (χ3v) is 3.54. The van der Waals surface area contributed by atoms with Crippen molar-refractivity contribution in [1.82, 2.24) is 10.2 Å². The molecule has 0 aromatic heterocycles. The Morgan fingerprint density at radius 2 is 1.62 bits per heavy atom. The van der Waals surface area contributed by atoms with Crippen LogP contribution in [0, 0.1) is 11.8 Å². The van der Waals surface area contributed by atoms with E-state index in [2.05, 4.69) is 17.2 Å². The Labute approximate surface area is 154 Å². The molecular weight excluding hydrogens is 328 g/mol. The van der Waals surface area contributed by atoms with Gasteiger partial charge in [-0.2, -0.15) is 0 Å². The van der Waals surface area contributed by atoms with Crippen molar-refractivity contribution in [3.8, 4) is 17.6 Å². The molecule has 134 valence electrons. The lowest BCUT2D eigenvalue weighted by molar-refractivity contribution is 0.0827. The minimum Gasteiger partial charge on any atom is -0.494 e. The van der Waals surface area contributed by atoms with Crippen LogP contribution in [-0.4, -0.2) is 44.0 Å². The Kier molecular flexibility index (Phi) is 6.81. The lowest BCUT2D eigenvalue weighted by Crippen LogP contribution is -2.23. The van der Waals surface area contributed by atoms with Gasteiger partial charge in [0.25, 0.3) is 11.8 Å². The zero-order valence-corrected chi connectivity index (χ0v) is 15.2. The van der Waals surface area contributed by atoms with Crippen LogP contribution in [0.1, 0.15) is 33.2 Å². The van der Waals surface area contributed by atoms with Gasteiger partial charge in [0.1, 0.15) is 5.75 Å². The van der Waals surface area contributed by atoms with Gasteiger partial charge in [-0.05, 0) is 55.5 Å². The highest BCUT2D eigenvalue weighted by molar-refractivity contribution is 5.94. The minimum atomic E-state index is -0.186. The van der Waals surface area contributed by atoms with Crippen LogP contribution in [0.2, 0.25) is 0 Å². The van der Waals surface area contributed by atoms with Gasteiger partial charge in [-0.3, -0.25) is 9.59 Å². The summed E-state index contributed by atoms with van der Waals surface area (Å²) in [5.41, 5.74) is 1.96. The summed E-state index contributed by atoms with van der Waals surface area (Å²) in [6.07, 6.45) is 0. The van der Waals surface area contributed by atoms with E-state index in [1.54, 1.807) is 62.6 Å². The Hall–Kier alpha value is -3.26. The number of benzene rings is 2. The molecule has 0 bridgehead atoms. The second-order valence-electron chi connectivity index (χ2n) is 5.72. The summed E-state index contributed by atoms with van der Waals surface area (Å²) in [5.74, 6) is 6.37. The number of carbonyl (C=O) groups excluding carboxylic acids is 2. The number of hydrogen-bond donors (Lipinski definition) is 1. The van der Waals surface area contributed by atoms with Gasteiger partial charge in [0.05, 0.1) is 13.2 Å². The number of carbonyl (C=O) groups is 2.